The zero-order valence-corrected chi connectivity index (χ0v) is 18.7. The topological polar surface area (TPSA) is 118 Å². The maximum absolute atomic E-state index is 12.8. The van der Waals surface area contributed by atoms with Crippen molar-refractivity contribution < 1.29 is 24.2 Å². The first kappa shape index (κ1) is 23.0. The van der Waals surface area contributed by atoms with Crippen LogP contribution in [0.1, 0.15) is 35.4 Å². The number of alkyl carbamates (subject to hydrolysis) is 1. The lowest BCUT2D eigenvalue weighted by Crippen LogP contribution is -2.44. The summed E-state index contributed by atoms with van der Waals surface area (Å²) >= 11 is 0. The van der Waals surface area contributed by atoms with E-state index >= 15 is 0 Å². The molecule has 2 amide bonds. The van der Waals surface area contributed by atoms with Crippen LogP contribution >= 0.6 is 0 Å². The van der Waals surface area contributed by atoms with Crippen LogP contribution in [-0.4, -0.2) is 40.7 Å². The Labute approximate surface area is 197 Å². The smallest absolute Gasteiger partial charge is 0.407 e. The maximum Gasteiger partial charge on any atom is 0.407 e. The van der Waals surface area contributed by atoms with Gasteiger partial charge in [-0.15, -0.1) is 0 Å². The molecule has 2 aromatic carbocycles. The highest BCUT2D eigenvalue weighted by Gasteiger charge is 2.30. The number of benzene rings is 2. The van der Waals surface area contributed by atoms with Gasteiger partial charge in [0, 0.05) is 18.5 Å². The van der Waals surface area contributed by atoms with Crippen molar-refractivity contribution in [2.24, 2.45) is 0 Å². The van der Waals surface area contributed by atoms with Crippen molar-refractivity contribution in [2.45, 2.75) is 31.7 Å². The molecule has 8 nitrogen and oxygen atoms in total. The van der Waals surface area contributed by atoms with E-state index in [4.69, 9.17) is 9.84 Å². The number of carboxylic acid groups (broad SMARTS) is 1. The lowest BCUT2D eigenvalue weighted by Gasteiger charge is -2.19. The standard InChI is InChI=1S/C26H25N3O5/c1-16-7-6-14-27-24(16)29-25(32)22(12-13-23(30)31)28-26(33)34-15-21-19-10-4-2-8-17(19)18-9-3-5-11-20(18)21/h2-11,14,21-22H,12-13,15H2,1H3,(H,28,33)(H,30,31)(H,27,29,32). The monoisotopic (exact) mass is 459 g/mol. The Hall–Kier alpha value is -4.20. The molecule has 3 aromatic rings. The van der Waals surface area contributed by atoms with Crippen LogP contribution in [0.2, 0.25) is 0 Å². The molecule has 3 N–H and O–H groups in total. The van der Waals surface area contributed by atoms with Crippen molar-refractivity contribution in [1.29, 1.82) is 0 Å². The quantitative estimate of drug-likeness (QED) is 0.467. The average molecular weight is 460 g/mol. The van der Waals surface area contributed by atoms with E-state index < -0.39 is 24.0 Å². The highest BCUT2D eigenvalue weighted by molar-refractivity contribution is 5.96. The third-order valence-corrected chi connectivity index (χ3v) is 5.85. The molecule has 0 aliphatic heterocycles. The first-order valence-corrected chi connectivity index (χ1v) is 11.0. The zero-order valence-electron chi connectivity index (χ0n) is 18.7. The molecule has 1 aliphatic rings. The molecule has 8 heteroatoms. The minimum Gasteiger partial charge on any atom is -0.481 e. The lowest BCUT2D eigenvalue weighted by molar-refractivity contribution is -0.137. The third-order valence-electron chi connectivity index (χ3n) is 5.85. The minimum absolute atomic E-state index is 0.0861. The van der Waals surface area contributed by atoms with Gasteiger partial charge >= 0.3 is 12.1 Å². The Morgan fingerprint density at radius 3 is 2.26 bits per heavy atom. The van der Waals surface area contributed by atoms with E-state index in [1.54, 1.807) is 19.1 Å². The van der Waals surface area contributed by atoms with Crippen LogP contribution in [0.4, 0.5) is 10.6 Å². The number of pyridine rings is 1. The second-order valence-corrected chi connectivity index (χ2v) is 8.11. The number of aryl methyl sites for hydroxylation is 1. The maximum atomic E-state index is 12.8. The van der Waals surface area contributed by atoms with E-state index in [-0.39, 0.29) is 25.4 Å². The number of rotatable bonds is 8. The minimum atomic E-state index is -1.09. The summed E-state index contributed by atoms with van der Waals surface area (Å²) in [5.41, 5.74) is 5.10. The van der Waals surface area contributed by atoms with Crippen molar-refractivity contribution in [3.8, 4) is 11.1 Å². The van der Waals surface area contributed by atoms with E-state index in [0.717, 1.165) is 27.8 Å². The van der Waals surface area contributed by atoms with Gasteiger partial charge < -0.3 is 20.5 Å². The molecule has 4 rings (SSSR count). The molecule has 1 unspecified atom stereocenters. The summed E-state index contributed by atoms with van der Waals surface area (Å²) < 4.78 is 5.51. The van der Waals surface area contributed by atoms with Gasteiger partial charge in [-0.05, 0) is 47.2 Å². The molecule has 0 spiro atoms. The number of ether oxygens (including phenoxy) is 1. The number of amides is 2. The number of hydrogen-bond donors (Lipinski definition) is 3. The van der Waals surface area contributed by atoms with Gasteiger partial charge in [-0.25, -0.2) is 9.78 Å². The van der Waals surface area contributed by atoms with Crippen LogP contribution in [0, 0.1) is 6.92 Å². The molecule has 1 heterocycles. The Morgan fingerprint density at radius 2 is 1.65 bits per heavy atom. The predicted molar refractivity (Wildman–Crippen MR) is 126 cm³/mol. The van der Waals surface area contributed by atoms with Crippen LogP contribution in [0.25, 0.3) is 11.1 Å². The number of aromatic nitrogens is 1. The van der Waals surface area contributed by atoms with Gasteiger partial charge in [0.05, 0.1) is 0 Å². The number of anilines is 1. The molecule has 1 atom stereocenters. The summed E-state index contributed by atoms with van der Waals surface area (Å²) in [5.74, 6) is -1.40. The Morgan fingerprint density at radius 1 is 1.00 bits per heavy atom. The number of carbonyl (C=O) groups is 3. The third kappa shape index (κ3) is 5.06. The van der Waals surface area contributed by atoms with E-state index in [0.29, 0.717) is 5.82 Å². The summed E-state index contributed by atoms with van der Waals surface area (Å²) in [4.78, 5) is 40.6. The van der Waals surface area contributed by atoms with E-state index in [2.05, 4.69) is 15.6 Å². The summed E-state index contributed by atoms with van der Waals surface area (Å²) in [6.45, 7) is 1.88. The fourth-order valence-corrected chi connectivity index (χ4v) is 4.14. The Balaban J connectivity index is 1.43. The molecule has 1 aliphatic carbocycles. The van der Waals surface area contributed by atoms with Gasteiger partial charge in [0.15, 0.2) is 0 Å². The van der Waals surface area contributed by atoms with Crippen LogP contribution in [0.15, 0.2) is 66.9 Å². The van der Waals surface area contributed by atoms with Gasteiger partial charge in [-0.3, -0.25) is 9.59 Å². The van der Waals surface area contributed by atoms with Crippen molar-refractivity contribution in [3.63, 3.8) is 0 Å². The van der Waals surface area contributed by atoms with Gasteiger partial charge in [-0.1, -0.05) is 54.6 Å². The van der Waals surface area contributed by atoms with Crippen LogP contribution in [0.3, 0.4) is 0 Å². The molecule has 0 fully saturated rings. The highest BCUT2D eigenvalue weighted by atomic mass is 16.5. The second kappa shape index (κ2) is 10.2. The first-order valence-electron chi connectivity index (χ1n) is 11.0. The Kier molecular flexibility index (Phi) is 6.87. The number of nitrogens with one attached hydrogen (secondary N) is 2. The first-order chi connectivity index (χ1) is 16.4. The number of fused-ring (bicyclic) bond motifs is 3. The lowest BCUT2D eigenvalue weighted by atomic mass is 9.98. The number of aliphatic carboxylic acids is 1. The molecular weight excluding hydrogens is 434 g/mol. The van der Waals surface area contributed by atoms with E-state index in [1.807, 2.05) is 48.5 Å². The van der Waals surface area contributed by atoms with Gasteiger partial charge in [-0.2, -0.15) is 0 Å². The number of nitrogens with zero attached hydrogens (tertiary/aromatic N) is 1. The van der Waals surface area contributed by atoms with Gasteiger partial charge in [0.25, 0.3) is 0 Å². The van der Waals surface area contributed by atoms with Crippen LogP contribution in [-0.2, 0) is 14.3 Å². The van der Waals surface area contributed by atoms with E-state index in [1.165, 1.54) is 6.20 Å². The van der Waals surface area contributed by atoms with E-state index in [9.17, 15) is 14.4 Å². The largest absolute Gasteiger partial charge is 0.481 e. The molecule has 174 valence electrons. The molecular formula is C26H25N3O5. The summed E-state index contributed by atoms with van der Waals surface area (Å²) in [6, 6.07) is 18.4. The zero-order chi connectivity index (χ0) is 24.1. The molecule has 1 aromatic heterocycles. The van der Waals surface area contributed by atoms with Gasteiger partial charge in [0.2, 0.25) is 5.91 Å². The van der Waals surface area contributed by atoms with Crippen molar-refractivity contribution in [3.05, 3.63) is 83.6 Å². The summed E-state index contributed by atoms with van der Waals surface area (Å²) in [7, 11) is 0. The molecule has 34 heavy (non-hydrogen) atoms. The molecule has 0 bridgehead atoms. The number of carbonyl (C=O) groups excluding carboxylic acids is 2. The molecule has 0 radical (unpaired) electrons. The predicted octanol–water partition coefficient (Wildman–Crippen LogP) is 4.10. The average Bonchev–Trinajstić information content (AvgIpc) is 3.15. The highest BCUT2D eigenvalue weighted by Crippen LogP contribution is 2.44. The summed E-state index contributed by atoms with van der Waals surface area (Å²) in [5, 5.41) is 14.2. The molecule has 0 saturated heterocycles. The normalized spacial score (nSPS) is 12.9. The van der Waals surface area contributed by atoms with Crippen molar-refractivity contribution >= 4 is 23.8 Å². The van der Waals surface area contributed by atoms with Crippen molar-refractivity contribution in [2.75, 3.05) is 11.9 Å². The number of hydrogen-bond acceptors (Lipinski definition) is 5. The molecule has 0 saturated carbocycles. The summed E-state index contributed by atoms with van der Waals surface area (Å²) in [6.07, 6.45) is 0.374. The second-order valence-electron chi connectivity index (χ2n) is 8.11. The van der Waals surface area contributed by atoms with Crippen LogP contribution in [0.5, 0.6) is 0 Å². The van der Waals surface area contributed by atoms with Crippen LogP contribution < -0.4 is 10.6 Å². The van der Waals surface area contributed by atoms with Crippen molar-refractivity contribution in [1.82, 2.24) is 10.3 Å². The number of carboxylic acids is 1. The van der Waals surface area contributed by atoms with Gasteiger partial charge in [0.1, 0.15) is 18.5 Å². The fraction of sp³-hybridized carbons (Fsp3) is 0.231. The Bertz CT molecular complexity index is 1180. The fourth-order valence-electron chi connectivity index (χ4n) is 4.14. The SMILES string of the molecule is Cc1cccnc1NC(=O)C(CCC(=O)O)NC(=O)OCC1c2ccccc2-c2ccccc21.